The zero-order valence-corrected chi connectivity index (χ0v) is 14.3. The zero-order chi connectivity index (χ0) is 17.9. The minimum absolute atomic E-state index is 0.00987. The van der Waals surface area contributed by atoms with Crippen molar-refractivity contribution in [2.24, 2.45) is 0 Å². The summed E-state index contributed by atoms with van der Waals surface area (Å²) in [6, 6.07) is 8.27. The molecule has 1 atom stereocenters. The topological polar surface area (TPSA) is 133 Å². The average molecular weight is 395 g/mol. The first-order valence-electron chi connectivity index (χ1n) is 6.66. The predicted molar refractivity (Wildman–Crippen MR) is 84.2 cm³/mol. The van der Waals surface area contributed by atoms with Gasteiger partial charge in [-0.2, -0.15) is 0 Å². The Morgan fingerprint density at radius 2 is 1.71 bits per heavy atom. The van der Waals surface area contributed by atoms with Crippen LogP contribution in [-0.4, -0.2) is 40.4 Å². The summed E-state index contributed by atoms with van der Waals surface area (Å²) < 4.78 is 26.9. The van der Waals surface area contributed by atoms with Crippen LogP contribution in [0.1, 0.15) is 17.3 Å². The van der Waals surface area contributed by atoms with Crippen LogP contribution >= 0.6 is 0 Å². The first-order valence-corrected chi connectivity index (χ1v) is 9.97. The Labute approximate surface area is 139 Å². The van der Waals surface area contributed by atoms with E-state index in [-0.39, 0.29) is 27.1 Å². The van der Waals surface area contributed by atoms with Crippen molar-refractivity contribution in [1.82, 2.24) is 0 Å². The van der Waals surface area contributed by atoms with Crippen LogP contribution in [0.5, 0.6) is 11.5 Å². The maximum absolute atomic E-state index is 12.3. The van der Waals surface area contributed by atoms with Crippen molar-refractivity contribution in [2.75, 3.05) is 5.32 Å². The van der Waals surface area contributed by atoms with Gasteiger partial charge in [-0.3, -0.25) is 0 Å². The molecule has 4 N–H and O–H groups in total. The standard InChI is InChI=1S/C15H14AsNO7/c1-9(18)17-13-8-11(4-7-14(13)20)16(22,23)24-15(21)10-2-5-12(19)6-3-10/h2-8,19-20H,1H3,(H,17,18)(H,22,23). The fourth-order valence-corrected chi connectivity index (χ4v) is 3.88. The number of carbonyl (C=O) groups is 2. The molecule has 0 bridgehead atoms. The van der Waals surface area contributed by atoms with Gasteiger partial charge in [0.15, 0.2) is 0 Å². The molecule has 0 aliphatic heterocycles. The van der Waals surface area contributed by atoms with Gasteiger partial charge in [-0.05, 0) is 0 Å². The van der Waals surface area contributed by atoms with Gasteiger partial charge in [-0.1, -0.05) is 0 Å². The third-order valence-electron chi connectivity index (χ3n) is 2.93. The first kappa shape index (κ1) is 17.6. The summed E-state index contributed by atoms with van der Waals surface area (Å²) in [5.41, 5.74) is -0.0827. The molecular formula is C15H14AsNO7. The van der Waals surface area contributed by atoms with Crippen LogP contribution in [0, 0.1) is 0 Å². The number of aromatic hydroxyl groups is 2. The van der Waals surface area contributed by atoms with E-state index < -0.39 is 26.0 Å². The average Bonchev–Trinajstić information content (AvgIpc) is 2.49. The summed E-state index contributed by atoms with van der Waals surface area (Å²) in [6.07, 6.45) is 0. The molecule has 2 aromatic rings. The number of phenols is 2. The fraction of sp³-hybridized carbons (Fsp3) is 0.0667. The van der Waals surface area contributed by atoms with E-state index in [1.807, 2.05) is 0 Å². The van der Waals surface area contributed by atoms with Crippen LogP contribution in [0.2, 0.25) is 0 Å². The SMILES string of the molecule is CC(=O)Nc1cc([As](=O)(O)OC(=O)c2ccc(O)cc2)ccc1O. The van der Waals surface area contributed by atoms with Crippen molar-refractivity contribution in [2.45, 2.75) is 6.92 Å². The molecule has 1 unspecified atom stereocenters. The monoisotopic (exact) mass is 395 g/mol. The van der Waals surface area contributed by atoms with Gasteiger partial charge in [0.25, 0.3) is 0 Å². The van der Waals surface area contributed by atoms with Crippen molar-refractivity contribution < 1.29 is 31.4 Å². The molecule has 2 rings (SSSR count). The summed E-state index contributed by atoms with van der Waals surface area (Å²) in [6.45, 7) is 1.21. The van der Waals surface area contributed by atoms with E-state index in [4.69, 9.17) is 8.83 Å². The molecule has 24 heavy (non-hydrogen) atoms. The van der Waals surface area contributed by atoms with Crippen LogP contribution in [-0.2, 0) is 12.3 Å². The maximum atomic E-state index is 12.3. The molecule has 0 radical (unpaired) electrons. The molecule has 9 heteroatoms. The van der Waals surface area contributed by atoms with Crippen molar-refractivity contribution in [3.05, 3.63) is 48.0 Å². The number of anilines is 1. The van der Waals surface area contributed by atoms with E-state index in [1.165, 1.54) is 31.2 Å². The van der Waals surface area contributed by atoms with Crippen molar-refractivity contribution in [3.63, 3.8) is 0 Å². The van der Waals surface area contributed by atoms with E-state index in [9.17, 15) is 22.5 Å². The second-order valence-corrected chi connectivity index (χ2v) is 8.48. The van der Waals surface area contributed by atoms with Crippen molar-refractivity contribution in [1.29, 1.82) is 0 Å². The van der Waals surface area contributed by atoms with Crippen LogP contribution in [0.25, 0.3) is 0 Å². The van der Waals surface area contributed by atoms with Gasteiger partial charge in [-0.15, -0.1) is 0 Å². The predicted octanol–water partition coefficient (Wildman–Crippen LogP) is 0.482. The quantitative estimate of drug-likeness (QED) is 0.437. The molecule has 0 saturated heterocycles. The molecule has 0 fully saturated rings. The Hall–Kier alpha value is -2.70. The van der Waals surface area contributed by atoms with Gasteiger partial charge in [0.1, 0.15) is 0 Å². The van der Waals surface area contributed by atoms with Crippen LogP contribution in [0.4, 0.5) is 5.69 Å². The van der Waals surface area contributed by atoms with E-state index >= 15 is 0 Å². The Bertz CT molecular complexity index is 832. The normalized spacial score (nSPS) is 12.9. The van der Waals surface area contributed by atoms with Crippen LogP contribution in [0.15, 0.2) is 42.5 Å². The number of hydrogen-bond acceptors (Lipinski definition) is 6. The first-order chi connectivity index (χ1) is 11.2. The molecular weight excluding hydrogens is 381 g/mol. The second kappa shape index (κ2) is 6.82. The van der Waals surface area contributed by atoms with Gasteiger partial charge in [0.05, 0.1) is 0 Å². The van der Waals surface area contributed by atoms with E-state index in [1.54, 1.807) is 0 Å². The number of benzene rings is 2. The summed E-state index contributed by atoms with van der Waals surface area (Å²) >= 11 is -5.26. The van der Waals surface area contributed by atoms with E-state index in [0.717, 1.165) is 18.2 Å². The Balaban J connectivity index is 2.26. The van der Waals surface area contributed by atoms with Gasteiger partial charge in [-0.25, -0.2) is 0 Å². The summed E-state index contributed by atoms with van der Waals surface area (Å²) in [4.78, 5) is 23.0. The van der Waals surface area contributed by atoms with Gasteiger partial charge < -0.3 is 0 Å². The molecule has 0 heterocycles. The molecule has 1 amide bonds. The summed E-state index contributed by atoms with van der Waals surface area (Å²) in [5, 5.41) is 21.1. The molecule has 8 nitrogen and oxygen atoms in total. The third-order valence-corrected chi connectivity index (χ3v) is 5.75. The van der Waals surface area contributed by atoms with E-state index in [0.29, 0.717) is 0 Å². The number of phenolic OH excluding ortho intramolecular Hbond substituents is 2. The molecule has 0 aliphatic carbocycles. The molecule has 0 aromatic heterocycles. The fourth-order valence-electron chi connectivity index (χ4n) is 1.80. The van der Waals surface area contributed by atoms with Crippen molar-refractivity contribution in [3.8, 4) is 11.5 Å². The number of nitrogens with one attached hydrogen (secondary N) is 1. The summed E-state index contributed by atoms with van der Waals surface area (Å²) in [7, 11) is 0. The number of carbonyl (C=O) groups excluding carboxylic acids is 2. The molecule has 2 aromatic carbocycles. The zero-order valence-electron chi connectivity index (χ0n) is 12.5. The Morgan fingerprint density at radius 1 is 1.08 bits per heavy atom. The van der Waals surface area contributed by atoms with Crippen LogP contribution in [0.3, 0.4) is 0 Å². The van der Waals surface area contributed by atoms with Gasteiger partial charge >= 0.3 is 139 Å². The molecule has 126 valence electrons. The van der Waals surface area contributed by atoms with E-state index in [2.05, 4.69) is 5.32 Å². The number of amides is 1. The second-order valence-electron chi connectivity index (χ2n) is 4.83. The molecule has 0 spiro atoms. The van der Waals surface area contributed by atoms with Crippen molar-refractivity contribution >= 4 is 36.1 Å². The third kappa shape index (κ3) is 4.18. The Kier molecular flexibility index (Phi) is 5.01. The molecule has 0 aliphatic rings. The summed E-state index contributed by atoms with van der Waals surface area (Å²) in [5.74, 6) is -1.88. The number of rotatable bonds is 4. The van der Waals surface area contributed by atoms with Gasteiger partial charge in [0, 0.05) is 0 Å². The minimum atomic E-state index is -5.26. The van der Waals surface area contributed by atoms with Gasteiger partial charge in [0.2, 0.25) is 0 Å². The number of hydrogen-bond donors (Lipinski definition) is 4. The Morgan fingerprint density at radius 3 is 2.29 bits per heavy atom. The molecule has 0 saturated carbocycles. The van der Waals surface area contributed by atoms with Crippen LogP contribution < -0.4 is 9.67 Å².